The number of anilines is 1. The third kappa shape index (κ3) is 3.08. The topological polar surface area (TPSA) is 86.1 Å². The molecule has 2 aliphatic rings. The van der Waals surface area contributed by atoms with Gasteiger partial charge in [-0.05, 0) is 43.9 Å². The fraction of sp³-hybridized carbons (Fsp3) is 0.273. The number of esters is 1. The Balaban J connectivity index is 1.25. The Kier molecular flexibility index (Phi) is 4.16. The van der Waals surface area contributed by atoms with E-state index in [0.29, 0.717) is 37.2 Å². The molecule has 1 spiro atoms. The molecule has 0 bridgehead atoms. The smallest absolute Gasteiger partial charge is 0.358 e. The van der Waals surface area contributed by atoms with Crippen LogP contribution in [0.4, 0.5) is 5.82 Å². The minimum atomic E-state index is -0.633. The van der Waals surface area contributed by atoms with Crippen molar-refractivity contribution in [1.29, 1.82) is 0 Å². The van der Waals surface area contributed by atoms with E-state index in [0.717, 1.165) is 11.3 Å². The van der Waals surface area contributed by atoms with Crippen LogP contribution in [0.25, 0.3) is 5.69 Å². The molecule has 5 rings (SSSR count). The fourth-order valence-corrected chi connectivity index (χ4v) is 4.28. The molecule has 7 heteroatoms. The number of ether oxygens (including phenoxy) is 1. The number of rotatable bonds is 3. The van der Waals surface area contributed by atoms with Crippen LogP contribution >= 0.6 is 0 Å². The van der Waals surface area contributed by atoms with Gasteiger partial charge in [0, 0.05) is 29.9 Å². The van der Waals surface area contributed by atoms with E-state index >= 15 is 0 Å². The molecular formula is C22H20N4O3. The molecule has 0 radical (unpaired) electrons. The number of carbonyl (C=O) groups excluding carboxylic acids is 2. The van der Waals surface area contributed by atoms with E-state index in [1.54, 1.807) is 16.9 Å². The van der Waals surface area contributed by atoms with Crippen molar-refractivity contribution in [2.75, 3.05) is 5.32 Å². The van der Waals surface area contributed by atoms with Gasteiger partial charge in [0.15, 0.2) is 11.5 Å². The van der Waals surface area contributed by atoms with Crippen molar-refractivity contribution in [2.45, 2.75) is 31.3 Å². The molecule has 1 aromatic carbocycles. The first-order valence-corrected chi connectivity index (χ1v) is 9.75. The summed E-state index contributed by atoms with van der Waals surface area (Å²) in [6, 6.07) is 15.3. The van der Waals surface area contributed by atoms with Gasteiger partial charge in [0.1, 0.15) is 5.60 Å². The number of pyridine rings is 1. The van der Waals surface area contributed by atoms with E-state index in [9.17, 15) is 9.59 Å². The van der Waals surface area contributed by atoms with Gasteiger partial charge in [-0.3, -0.25) is 4.79 Å². The number of hydrogen-bond donors (Lipinski definition) is 1. The number of fused-ring (bicyclic) bond motifs is 2. The van der Waals surface area contributed by atoms with Gasteiger partial charge in [-0.25, -0.2) is 14.5 Å². The molecule has 1 aliphatic carbocycles. The zero-order valence-electron chi connectivity index (χ0n) is 15.7. The number of hydrogen-bond acceptors (Lipinski definition) is 5. The van der Waals surface area contributed by atoms with Gasteiger partial charge in [0.05, 0.1) is 5.69 Å². The lowest BCUT2D eigenvalue weighted by Crippen LogP contribution is -2.36. The highest BCUT2D eigenvalue weighted by atomic mass is 16.6. The molecule has 3 aromatic rings. The van der Waals surface area contributed by atoms with Crippen LogP contribution in [-0.2, 0) is 15.1 Å². The summed E-state index contributed by atoms with van der Waals surface area (Å²) in [5.41, 5.74) is 1.56. The highest BCUT2D eigenvalue weighted by molar-refractivity contribution is 5.93. The van der Waals surface area contributed by atoms with E-state index in [1.807, 2.05) is 48.7 Å². The number of para-hydroxylation sites is 1. The van der Waals surface area contributed by atoms with Crippen molar-refractivity contribution in [3.63, 3.8) is 0 Å². The number of amides is 1. The molecule has 0 atom stereocenters. The minimum Gasteiger partial charge on any atom is -0.449 e. The number of carbonyl (C=O) groups is 2. The van der Waals surface area contributed by atoms with Crippen molar-refractivity contribution >= 4 is 17.7 Å². The van der Waals surface area contributed by atoms with E-state index in [1.165, 1.54) is 0 Å². The monoisotopic (exact) mass is 388 g/mol. The third-order valence-corrected chi connectivity index (χ3v) is 5.81. The van der Waals surface area contributed by atoms with Crippen molar-refractivity contribution in [3.05, 3.63) is 72.2 Å². The largest absolute Gasteiger partial charge is 0.449 e. The lowest BCUT2D eigenvalue weighted by molar-refractivity contribution is -0.122. The number of benzene rings is 1. The van der Waals surface area contributed by atoms with Crippen molar-refractivity contribution in [3.8, 4) is 5.69 Å². The highest BCUT2D eigenvalue weighted by Crippen LogP contribution is 2.47. The molecule has 1 fully saturated rings. The molecular weight excluding hydrogens is 368 g/mol. The lowest BCUT2D eigenvalue weighted by atomic mass is 9.75. The molecule has 1 N–H and O–H groups in total. The molecule has 1 amide bonds. The number of nitrogens with one attached hydrogen (secondary N) is 1. The van der Waals surface area contributed by atoms with Gasteiger partial charge < -0.3 is 10.1 Å². The van der Waals surface area contributed by atoms with Crippen LogP contribution < -0.4 is 5.32 Å². The second-order valence-corrected chi connectivity index (χ2v) is 7.53. The SMILES string of the molecule is O=C1O[C@]2(CC[C@H](C(=O)Nc3ccn(-c4ccccc4)n3)CC2)c2cccnc21. The predicted octanol–water partition coefficient (Wildman–Crippen LogP) is 3.46. The summed E-state index contributed by atoms with van der Waals surface area (Å²) < 4.78 is 7.44. The maximum atomic E-state index is 12.7. The summed E-state index contributed by atoms with van der Waals surface area (Å²) in [7, 11) is 0. The first kappa shape index (κ1) is 17.6. The van der Waals surface area contributed by atoms with E-state index in [-0.39, 0.29) is 17.8 Å². The summed E-state index contributed by atoms with van der Waals surface area (Å²) >= 11 is 0. The third-order valence-electron chi connectivity index (χ3n) is 5.81. The van der Waals surface area contributed by atoms with Crippen LogP contribution in [0.2, 0.25) is 0 Å². The summed E-state index contributed by atoms with van der Waals surface area (Å²) in [6.07, 6.45) is 5.96. The summed E-state index contributed by atoms with van der Waals surface area (Å²) in [5.74, 6) is -0.0215. The van der Waals surface area contributed by atoms with Gasteiger partial charge in [-0.2, -0.15) is 5.10 Å². The maximum Gasteiger partial charge on any atom is 0.358 e. The molecule has 0 saturated heterocycles. The Hall–Kier alpha value is -3.48. The zero-order valence-corrected chi connectivity index (χ0v) is 15.7. The second-order valence-electron chi connectivity index (χ2n) is 7.53. The summed E-state index contributed by atoms with van der Waals surface area (Å²) in [5, 5.41) is 7.35. The molecule has 3 heterocycles. The average Bonchev–Trinajstić information content (AvgIpc) is 3.33. The second kappa shape index (κ2) is 6.84. The van der Waals surface area contributed by atoms with Crippen molar-refractivity contribution in [2.24, 2.45) is 5.92 Å². The van der Waals surface area contributed by atoms with Crippen molar-refractivity contribution in [1.82, 2.24) is 14.8 Å². The van der Waals surface area contributed by atoms with Gasteiger partial charge in [0.2, 0.25) is 5.91 Å². The molecule has 7 nitrogen and oxygen atoms in total. The molecule has 146 valence electrons. The summed E-state index contributed by atoms with van der Waals surface area (Å²) in [6.45, 7) is 0. The van der Waals surface area contributed by atoms with Gasteiger partial charge >= 0.3 is 5.97 Å². The average molecular weight is 388 g/mol. The minimum absolute atomic E-state index is 0.0473. The lowest BCUT2D eigenvalue weighted by Gasteiger charge is -2.35. The standard InChI is InChI=1S/C22H20N4O3/c27-20(24-18-10-14-26(25-18)16-5-2-1-3-6-16)15-8-11-22(12-9-15)17-7-4-13-23-19(17)21(28)29-22/h1-7,10,13-15H,8-9,11-12H2,(H,24,25,27)/t15-,22-. The summed E-state index contributed by atoms with van der Waals surface area (Å²) in [4.78, 5) is 29.0. The Morgan fingerprint density at radius 2 is 1.90 bits per heavy atom. The number of aromatic nitrogens is 3. The van der Waals surface area contributed by atoms with Crippen LogP contribution in [0.5, 0.6) is 0 Å². The normalized spacial score (nSPS) is 22.9. The van der Waals surface area contributed by atoms with Crippen LogP contribution in [0.15, 0.2) is 60.9 Å². The molecule has 2 aromatic heterocycles. The van der Waals surface area contributed by atoms with Crippen LogP contribution in [0, 0.1) is 5.92 Å². The predicted molar refractivity (Wildman–Crippen MR) is 105 cm³/mol. The Labute approximate surface area is 167 Å². The Morgan fingerprint density at radius 1 is 1.10 bits per heavy atom. The van der Waals surface area contributed by atoms with Gasteiger partial charge in [-0.15, -0.1) is 0 Å². The van der Waals surface area contributed by atoms with E-state index in [2.05, 4.69) is 15.4 Å². The maximum absolute atomic E-state index is 12.7. The Bertz CT molecular complexity index is 1070. The quantitative estimate of drug-likeness (QED) is 0.695. The van der Waals surface area contributed by atoms with Crippen LogP contribution in [-0.4, -0.2) is 26.6 Å². The van der Waals surface area contributed by atoms with Crippen molar-refractivity contribution < 1.29 is 14.3 Å². The highest BCUT2D eigenvalue weighted by Gasteiger charge is 2.49. The molecule has 1 aliphatic heterocycles. The molecule has 0 unspecified atom stereocenters. The number of nitrogens with zero attached hydrogens (tertiary/aromatic N) is 3. The van der Waals surface area contributed by atoms with Gasteiger partial charge in [0.25, 0.3) is 0 Å². The molecule has 29 heavy (non-hydrogen) atoms. The van der Waals surface area contributed by atoms with Gasteiger partial charge in [-0.1, -0.05) is 24.3 Å². The van der Waals surface area contributed by atoms with E-state index < -0.39 is 5.60 Å². The fourth-order valence-electron chi connectivity index (χ4n) is 4.28. The first-order valence-electron chi connectivity index (χ1n) is 9.75. The zero-order chi connectivity index (χ0) is 19.8. The van der Waals surface area contributed by atoms with Crippen LogP contribution in [0.3, 0.4) is 0 Å². The first-order chi connectivity index (χ1) is 14.1. The molecule has 1 saturated carbocycles. The Morgan fingerprint density at radius 3 is 2.69 bits per heavy atom. The van der Waals surface area contributed by atoms with E-state index in [4.69, 9.17) is 4.74 Å². The van der Waals surface area contributed by atoms with Crippen LogP contribution in [0.1, 0.15) is 41.7 Å².